The van der Waals surface area contributed by atoms with Gasteiger partial charge < -0.3 is 5.32 Å². The van der Waals surface area contributed by atoms with Crippen LogP contribution in [0.3, 0.4) is 0 Å². The second-order valence-electron chi connectivity index (χ2n) is 5.80. The van der Waals surface area contributed by atoms with Gasteiger partial charge >= 0.3 is 0 Å². The molecule has 0 aromatic heterocycles. The fourth-order valence-electron chi connectivity index (χ4n) is 3.00. The van der Waals surface area contributed by atoms with Gasteiger partial charge in [-0.05, 0) is 54.1 Å². The molecule has 0 fully saturated rings. The number of hydrogen-bond acceptors (Lipinski definition) is 2. The van der Waals surface area contributed by atoms with Crippen LogP contribution in [0.4, 0.5) is 15.8 Å². The number of benzene rings is 3. The van der Waals surface area contributed by atoms with Gasteiger partial charge in [-0.15, -0.1) is 0 Å². The molecule has 1 N–H and O–H groups in total. The highest BCUT2D eigenvalue weighted by Gasteiger charge is 2.33. The molecule has 0 unspecified atom stereocenters. The number of anilines is 2. The van der Waals surface area contributed by atoms with E-state index in [1.54, 1.807) is 23.1 Å². The van der Waals surface area contributed by atoms with E-state index in [9.17, 15) is 9.18 Å². The van der Waals surface area contributed by atoms with Gasteiger partial charge in [0.05, 0.1) is 5.56 Å². The molecule has 0 bridgehead atoms. The Morgan fingerprint density at radius 2 is 1.60 bits per heavy atom. The van der Waals surface area contributed by atoms with Crippen LogP contribution in [0.15, 0.2) is 77.3 Å². The fourth-order valence-corrected chi connectivity index (χ4v) is 3.26. The minimum absolute atomic E-state index is 0.0917. The lowest BCUT2D eigenvalue weighted by atomic mass is 10.0. The number of halogens is 2. The summed E-state index contributed by atoms with van der Waals surface area (Å²) in [5.41, 5.74) is 2.97. The standard InChI is InChI=1S/C20H14BrFN2O/c21-14-7-11-16(12-8-14)24-19(13-5-9-15(22)10-6-13)23-18-4-2-1-3-17(18)20(24)25/h1-12,19,23H/t19-/m1/s1. The third-order valence-electron chi connectivity index (χ3n) is 4.22. The van der Waals surface area contributed by atoms with E-state index in [0.717, 1.165) is 21.4 Å². The molecule has 0 aliphatic carbocycles. The van der Waals surface area contributed by atoms with Gasteiger partial charge in [-0.1, -0.05) is 40.2 Å². The molecular weight excluding hydrogens is 383 g/mol. The Balaban J connectivity index is 1.85. The fraction of sp³-hybridized carbons (Fsp3) is 0.0500. The quantitative estimate of drug-likeness (QED) is 0.632. The highest BCUT2D eigenvalue weighted by molar-refractivity contribution is 9.10. The van der Waals surface area contributed by atoms with Gasteiger partial charge in [-0.25, -0.2) is 4.39 Å². The number of rotatable bonds is 2. The maximum atomic E-state index is 13.3. The van der Waals surface area contributed by atoms with Gasteiger partial charge in [-0.3, -0.25) is 9.69 Å². The van der Waals surface area contributed by atoms with E-state index in [4.69, 9.17) is 0 Å². The molecule has 0 saturated heterocycles. The number of nitrogens with zero attached hydrogens (tertiary/aromatic N) is 1. The average molecular weight is 397 g/mol. The average Bonchev–Trinajstić information content (AvgIpc) is 2.63. The first-order valence-electron chi connectivity index (χ1n) is 7.83. The van der Waals surface area contributed by atoms with Crippen molar-refractivity contribution in [2.75, 3.05) is 10.2 Å². The Kier molecular flexibility index (Phi) is 4.01. The Labute approximate surface area is 153 Å². The van der Waals surface area contributed by atoms with Gasteiger partial charge in [0.2, 0.25) is 0 Å². The number of amides is 1. The third-order valence-corrected chi connectivity index (χ3v) is 4.75. The number of carbonyl (C=O) groups excluding carboxylic acids is 1. The largest absolute Gasteiger partial charge is 0.360 e. The number of carbonyl (C=O) groups is 1. The summed E-state index contributed by atoms with van der Waals surface area (Å²) in [4.78, 5) is 14.8. The number of fused-ring (bicyclic) bond motifs is 1. The predicted molar refractivity (Wildman–Crippen MR) is 100 cm³/mol. The number of hydrogen-bond donors (Lipinski definition) is 1. The molecule has 25 heavy (non-hydrogen) atoms. The second-order valence-corrected chi connectivity index (χ2v) is 6.71. The summed E-state index contributed by atoms with van der Waals surface area (Å²) in [6.07, 6.45) is -0.413. The Bertz CT molecular complexity index is 925. The zero-order chi connectivity index (χ0) is 17.4. The van der Waals surface area contributed by atoms with Crippen LogP contribution < -0.4 is 10.2 Å². The molecule has 4 rings (SSSR count). The molecule has 1 amide bonds. The normalized spacial score (nSPS) is 16.3. The van der Waals surface area contributed by atoms with E-state index in [2.05, 4.69) is 21.2 Å². The second kappa shape index (κ2) is 6.33. The summed E-state index contributed by atoms with van der Waals surface area (Å²) in [6, 6.07) is 21.2. The highest BCUT2D eigenvalue weighted by atomic mass is 79.9. The summed E-state index contributed by atoms with van der Waals surface area (Å²) in [7, 11) is 0. The van der Waals surface area contributed by atoms with E-state index in [1.165, 1.54) is 12.1 Å². The SMILES string of the molecule is O=C1c2ccccc2N[C@@H](c2ccc(F)cc2)N1c1ccc(Br)cc1. The predicted octanol–water partition coefficient (Wildman–Crippen LogP) is 5.36. The molecule has 1 aliphatic heterocycles. The van der Waals surface area contributed by atoms with E-state index >= 15 is 0 Å². The Morgan fingerprint density at radius 3 is 2.32 bits per heavy atom. The third kappa shape index (κ3) is 2.91. The zero-order valence-electron chi connectivity index (χ0n) is 13.1. The van der Waals surface area contributed by atoms with Crippen LogP contribution in [0, 0.1) is 5.82 Å². The van der Waals surface area contributed by atoms with Gasteiger partial charge in [0, 0.05) is 15.8 Å². The molecule has 5 heteroatoms. The van der Waals surface area contributed by atoms with Crippen molar-refractivity contribution in [3.8, 4) is 0 Å². The molecular formula is C20H14BrFN2O. The first-order chi connectivity index (χ1) is 12.1. The highest BCUT2D eigenvalue weighted by Crippen LogP contribution is 2.36. The lowest BCUT2D eigenvalue weighted by Crippen LogP contribution is -2.43. The first-order valence-corrected chi connectivity index (χ1v) is 8.63. The van der Waals surface area contributed by atoms with Gasteiger partial charge in [0.15, 0.2) is 0 Å². The Morgan fingerprint density at radius 1 is 0.920 bits per heavy atom. The van der Waals surface area contributed by atoms with Gasteiger partial charge in [-0.2, -0.15) is 0 Å². The summed E-state index contributed by atoms with van der Waals surface area (Å²) in [5.74, 6) is -0.396. The maximum Gasteiger partial charge on any atom is 0.262 e. The summed E-state index contributed by atoms with van der Waals surface area (Å²) in [5, 5.41) is 3.40. The van der Waals surface area contributed by atoms with Gasteiger partial charge in [0.25, 0.3) is 5.91 Å². The molecule has 3 aromatic rings. The molecule has 1 heterocycles. The molecule has 1 aliphatic rings. The van der Waals surface area contributed by atoms with Crippen LogP contribution in [0.25, 0.3) is 0 Å². The summed E-state index contributed by atoms with van der Waals surface area (Å²) < 4.78 is 14.3. The minimum Gasteiger partial charge on any atom is -0.360 e. The monoisotopic (exact) mass is 396 g/mol. The zero-order valence-corrected chi connectivity index (χ0v) is 14.7. The van der Waals surface area contributed by atoms with Crippen molar-refractivity contribution < 1.29 is 9.18 Å². The lowest BCUT2D eigenvalue weighted by molar-refractivity contribution is 0.0975. The molecule has 0 spiro atoms. The summed E-state index contributed by atoms with van der Waals surface area (Å²) in [6.45, 7) is 0. The van der Waals surface area contributed by atoms with E-state index in [-0.39, 0.29) is 11.7 Å². The van der Waals surface area contributed by atoms with Crippen molar-refractivity contribution >= 4 is 33.2 Å². The Hall–Kier alpha value is -2.66. The van der Waals surface area contributed by atoms with Crippen molar-refractivity contribution in [1.29, 1.82) is 0 Å². The van der Waals surface area contributed by atoms with Crippen LogP contribution in [0.5, 0.6) is 0 Å². The van der Waals surface area contributed by atoms with Gasteiger partial charge in [0.1, 0.15) is 12.0 Å². The molecule has 124 valence electrons. The maximum absolute atomic E-state index is 13.3. The molecule has 3 aromatic carbocycles. The minimum atomic E-state index is -0.413. The van der Waals surface area contributed by atoms with Crippen LogP contribution in [0.1, 0.15) is 22.1 Å². The van der Waals surface area contributed by atoms with E-state index < -0.39 is 6.17 Å². The van der Waals surface area contributed by atoms with Crippen LogP contribution >= 0.6 is 15.9 Å². The van der Waals surface area contributed by atoms with Crippen molar-refractivity contribution in [3.63, 3.8) is 0 Å². The van der Waals surface area contributed by atoms with Crippen LogP contribution in [0.2, 0.25) is 0 Å². The molecule has 0 radical (unpaired) electrons. The lowest BCUT2D eigenvalue weighted by Gasteiger charge is -2.38. The number of para-hydroxylation sites is 1. The van der Waals surface area contributed by atoms with E-state index in [1.807, 2.05) is 42.5 Å². The smallest absolute Gasteiger partial charge is 0.262 e. The molecule has 3 nitrogen and oxygen atoms in total. The van der Waals surface area contributed by atoms with E-state index in [0.29, 0.717) is 5.56 Å². The first kappa shape index (κ1) is 15.8. The van der Waals surface area contributed by atoms with Crippen molar-refractivity contribution in [1.82, 2.24) is 0 Å². The molecule has 0 saturated carbocycles. The van der Waals surface area contributed by atoms with Crippen molar-refractivity contribution in [3.05, 3.63) is 94.2 Å². The van der Waals surface area contributed by atoms with Crippen LogP contribution in [-0.4, -0.2) is 5.91 Å². The van der Waals surface area contributed by atoms with Crippen molar-refractivity contribution in [2.45, 2.75) is 6.17 Å². The molecule has 1 atom stereocenters. The van der Waals surface area contributed by atoms with Crippen molar-refractivity contribution in [2.24, 2.45) is 0 Å². The number of nitrogens with one attached hydrogen (secondary N) is 1. The van der Waals surface area contributed by atoms with Crippen LogP contribution in [-0.2, 0) is 0 Å². The topological polar surface area (TPSA) is 32.3 Å². The summed E-state index contributed by atoms with van der Waals surface area (Å²) >= 11 is 3.42.